The lowest BCUT2D eigenvalue weighted by Gasteiger charge is -2.08. The molecular formula is C10H16N2O2. The predicted octanol–water partition coefficient (Wildman–Crippen LogP) is 1.25. The molecule has 0 aliphatic carbocycles. The van der Waals surface area contributed by atoms with E-state index in [1.807, 2.05) is 6.92 Å². The first-order chi connectivity index (χ1) is 6.74. The van der Waals surface area contributed by atoms with Gasteiger partial charge in [0.05, 0.1) is 0 Å². The van der Waals surface area contributed by atoms with Crippen LogP contribution < -0.4 is 0 Å². The van der Waals surface area contributed by atoms with Crippen molar-refractivity contribution in [3.63, 3.8) is 0 Å². The molecule has 14 heavy (non-hydrogen) atoms. The molecule has 1 aromatic rings. The maximum Gasteiger partial charge on any atom is 0.156 e. The summed E-state index contributed by atoms with van der Waals surface area (Å²) in [4.78, 5) is 8.11. The number of nitrogens with zero attached hydrogens (tertiary/aromatic N) is 2. The fourth-order valence-corrected chi connectivity index (χ4v) is 1.12. The molecule has 0 aromatic carbocycles. The molecule has 0 saturated carbocycles. The summed E-state index contributed by atoms with van der Waals surface area (Å²) < 4.78 is 4.90. The van der Waals surface area contributed by atoms with Crippen molar-refractivity contribution in [3.8, 4) is 0 Å². The molecule has 1 unspecified atom stereocenters. The number of methoxy groups -OCH3 is 1. The van der Waals surface area contributed by atoms with Crippen LogP contribution in [0.2, 0.25) is 0 Å². The van der Waals surface area contributed by atoms with Gasteiger partial charge in [0.2, 0.25) is 0 Å². The largest absolute Gasteiger partial charge is 0.385 e. The Labute approximate surface area is 84.0 Å². The average Bonchev–Trinajstić information content (AvgIpc) is 2.19. The van der Waals surface area contributed by atoms with Gasteiger partial charge >= 0.3 is 0 Å². The molecule has 1 rings (SSSR count). The van der Waals surface area contributed by atoms with Crippen molar-refractivity contribution in [2.75, 3.05) is 13.7 Å². The lowest BCUT2D eigenvalue weighted by atomic mass is 10.2. The van der Waals surface area contributed by atoms with E-state index in [4.69, 9.17) is 4.74 Å². The average molecular weight is 196 g/mol. The van der Waals surface area contributed by atoms with Gasteiger partial charge in [-0.25, -0.2) is 9.97 Å². The van der Waals surface area contributed by atoms with Gasteiger partial charge < -0.3 is 9.84 Å². The zero-order chi connectivity index (χ0) is 10.4. The molecule has 1 atom stereocenters. The zero-order valence-electron chi connectivity index (χ0n) is 8.60. The van der Waals surface area contributed by atoms with Crippen molar-refractivity contribution in [1.29, 1.82) is 0 Å². The zero-order valence-corrected chi connectivity index (χ0v) is 8.60. The number of aliphatic hydroxyl groups excluding tert-OH is 1. The Bertz CT molecular complexity index is 261. The molecular weight excluding hydrogens is 180 g/mol. The van der Waals surface area contributed by atoms with Crippen LogP contribution in [0.25, 0.3) is 0 Å². The first-order valence-corrected chi connectivity index (χ1v) is 4.69. The van der Waals surface area contributed by atoms with Crippen LogP contribution in [0.15, 0.2) is 12.4 Å². The van der Waals surface area contributed by atoms with E-state index in [9.17, 15) is 5.11 Å². The van der Waals surface area contributed by atoms with E-state index in [0.717, 1.165) is 12.0 Å². The quantitative estimate of drug-likeness (QED) is 0.720. The monoisotopic (exact) mass is 196 g/mol. The van der Waals surface area contributed by atoms with E-state index in [0.29, 0.717) is 18.9 Å². The second-order valence-corrected chi connectivity index (χ2v) is 3.27. The SMILES string of the molecule is COCCCC(O)c1ncc(C)cn1. The van der Waals surface area contributed by atoms with Crippen molar-refractivity contribution < 1.29 is 9.84 Å². The molecule has 0 saturated heterocycles. The van der Waals surface area contributed by atoms with Gasteiger partial charge in [0.15, 0.2) is 5.82 Å². The molecule has 1 N–H and O–H groups in total. The minimum atomic E-state index is -0.578. The van der Waals surface area contributed by atoms with Crippen molar-refractivity contribution in [2.24, 2.45) is 0 Å². The highest BCUT2D eigenvalue weighted by atomic mass is 16.5. The number of hydrogen-bond acceptors (Lipinski definition) is 4. The van der Waals surface area contributed by atoms with Gasteiger partial charge in [-0.05, 0) is 25.3 Å². The minimum Gasteiger partial charge on any atom is -0.385 e. The lowest BCUT2D eigenvalue weighted by Crippen LogP contribution is -2.04. The summed E-state index contributed by atoms with van der Waals surface area (Å²) in [7, 11) is 1.65. The van der Waals surface area contributed by atoms with Crippen LogP contribution in [0.4, 0.5) is 0 Å². The molecule has 0 aliphatic heterocycles. The van der Waals surface area contributed by atoms with Gasteiger partial charge in [0, 0.05) is 26.1 Å². The third-order valence-corrected chi connectivity index (χ3v) is 1.92. The summed E-state index contributed by atoms with van der Waals surface area (Å²) in [5.41, 5.74) is 0.998. The Morgan fingerprint density at radius 2 is 2.07 bits per heavy atom. The fraction of sp³-hybridized carbons (Fsp3) is 0.600. The Morgan fingerprint density at radius 1 is 1.43 bits per heavy atom. The molecule has 4 heteroatoms. The van der Waals surface area contributed by atoms with Crippen LogP contribution in [-0.4, -0.2) is 28.8 Å². The smallest absolute Gasteiger partial charge is 0.156 e. The van der Waals surface area contributed by atoms with E-state index in [1.165, 1.54) is 0 Å². The highest BCUT2D eigenvalue weighted by Crippen LogP contribution is 2.13. The van der Waals surface area contributed by atoms with Crippen LogP contribution in [0.5, 0.6) is 0 Å². The number of ether oxygens (including phenoxy) is 1. The second kappa shape index (κ2) is 5.67. The van der Waals surface area contributed by atoms with Gasteiger partial charge in [-0.15, -0.1) is 0 Å². The summed E-state index contributed by atoms with van der Waals surface area (Å²) in [5, 5.41) is 9.66. The molecule has 0 aliphatic rings. The third-order valence-electron chi connectivity index (χ3n) is 1.92. The second-order valence-electron chi connectivity index (χ2n) is 3.27. The van der Waals surface area contributed by atoms with Crippen molar-refractivity contribution in [3.05, 3.63) is 23.8 Å². The van der Waals surface area contributed by atoms with E-state index >= 15 is 0 Å². The summed E-state index contributed by atoms with van der Waals surface area (Å²) in [5.74, 6) is 0.492. The highest BCUT2D eigenvalue weighted by molar-refractivity contribution is 5.03. The highest BCUT2D eigenvalue weighted by Gasteiger charge is 2.09. The van der Waals surface area contributed by atoms with Crippen LogP contribution in [0, 0.1) is 6.92 Å². The van der Waals surface area contributed by atoms with Crippen LogP contribution >= 0.6 is 0 Å². The number of aromatic nitrogens is 2. The molecule has 78 valence electrons. The van der Waals surface area contributed by atoms with E-state index in [2.05, 4.69) is 9.97 Å². The number of aryl methyl sites for hydroxylation is 1. The third kappa shape index (κ3) is 3.40. The Hall–Kier alpha value is -1.00. The fourth-order valence-electron chi connectivity index (χ4n) is 1.12. The summed E-state index contributed by atoms with van der Waals surface area (Å²) >= 11 is 0. The molecule has 0 fully saturated rings. The van der Waals surface area contributed by atoms with Gasteiger partial charge in [0.1, 0.15) is 6.10 Å². The molecule has 1 heterocycles. The molecule has 1 aromatic heterocycles. The molecule has 0 amide bonds. The van der Waals surface area contributed by atoms with Gasteiger partial charge in [-0.2, -0.15) is 0 Å². The standard InChI is InChI=1S/C10H16N2O2/c1-8-6-11-10(12-7-8)9(13)4-3-5-14-2/h6-7,9,13H,3-5H2,1-2H3. The van der Waals surface area contributed by atoms with Gasteiger partial charge in [-0.1, -0.05) is 0 Å². The Morgan fingerprint density at radius 3 is 2.64 bits per heavy atom. The van der Waals surface area contributed by atoms with E-state index in [-0.39, 0.29) is 0 Å². The van der Waals surface area contributed by atoms with Crippen molar-refractivity contribution >= 4 is 0 Å². The first kappa shape index (κ1) is 11.1. The summed E-state index contributed by atoms with van der Waals surface area (Å²) in [6.07, 6.45) is 4.29. The van der Waals surface area contributed by atoms with Crippen LogP contribution in [0.3, 0.4) is 0 Å². The predicted molar refractivity (Wildman–Crippen MR) is 52.8 cm³/mol. The normalized spacial score (nSPS) is 12.8. The molecule has 0 spiro atoms. The van der Waals surface area contributed by atoms with E-state index < -0.39 is 6.10 Å². The maximum absolute atomic E-state index is 9.66. The number of aliphatic hydroxyl groups is 1. The van der Waals surface area contributed by atoms with E-state index in [1.54, 1.807) is 19.5 Å². The van der Waals surface area contributed by atoms with Crippen LogP contribution in [-0.2, 0) is 4.74 Å². The minimum absolute atomic E-state index is 0.492. The molecule has 0 radical (unpaired) electrons. The molecule has 4 nitrogen and oxygen atoms in total. The van der Waals surface area contributed by atoms with Crippen LogP contribution in [0.1, 0.15) is 30.3 Å². The topological polar surface area (TPSA) is 55.2 Å². The number of rotatable bonds is 5. The lowest BCUT2D eigenvalue weighted by molar-refractivity contribution is 0.130. The molecule has 0 bridgehead atoms. The maximum atomic E-state index is 9.66. The van der Waals surface area contributed by atoms with Crippen molar-refractivity contribution in [2.45, 2.75) is 25.9 Å². The van der Waals surface area contributed by atoms with Gasteiger partial charge in [0.25, 0.3) is 0 Å². The summed E-state index contributed by atoms with van der Waals surface area (Å²) in [6.45, 7) is 2.57. The Kier molecular flexibility index (Phi) is 4.49. The summed E-state index contributed by atoms with van der Waals surface area (Å²) in [6, 6.07) is 0. The van der Waals surface area contributed by atoms with Gasteiger partial charge in [-0.3, -0.25) is 0 Å². The Balaban J connectivity index is 2.43. The number of hydrogen-bond donors (Lipinski definition) is 1. The van der Waals surface area contributed by atoms with Crippen molar-refractivity contribution in [1.82, 2.24) is 9.97 Å². The first-order valence-electron chi connectivity index (χ1n) is 4.69.